The molecule has 0 aliphatic carbocycles. The predicted molar refractivity (Wildman–Crippen MR) is 95.9 cm³/mol. The fourth-order valence-electron chi connectivity index (χ4n) is 2.90. The highest BCUT2D eigenvalue weighted by Gasteiger charge is 2.24. The lowest BCUT2D eigenvalue weighted by Gasteiger charge is -2.34. The molecule has 7 nitrogen and oxygen atoms in total. The summed E-state index contributed by atoms with van der Waals surface area (Å²) in [6, 6.07) is 7.66. The van der Waals surface area contributed by atoms with Crippen LogP contribution in [0.15, 0.2) is 24.3 Å². The topological polar surface area (TPSA) is 74.2 Å². The Labute approximate surface area is 148 Å². The van der Waals surface area contributed by atoms with Gasteiger partial charge in [-0.05, 0) is 31.2 Å². The van der Waals surface area contributed by atoms with Gasteiger partial charge >= 0.3 is 0 Å². The molecule has 136 valence electrons. The van der Waals surface area contributed by atoms with Crippen LogP contribution in [-0.2, 0) is 9.59 Å². The summed E-state index contributed by atoms with van der Waals surface area (Å²) in [7, 11) is 3.22. The minimum absolute atomic E-state index is 0.0159. The molecule has 0 radical (unpaired) electrons. The number of benzene rings is 1. The number of piperazine rings is 1. The summed E-state index contributed by atoms with van der Waals surface area (Å²) in [4.78, 5) is 39.9. The fraction of sp³-hybridized carbons (Fsp3) is 0.500. The van der Waals surface area contributed by atoms with Gasteiger partial charge in [-0.15, -0.1) is 0 Å². The predicted octanol–water partition coefficient (Wildman–Crippen LogP) is -1.20. The monoisotopic (exact) mass is 347 g/mol. The summed E-state index contributed by atoms with van der Waals surface area (Å²) in [5.41, 5.74) is 1.82. The third-order valence-electron chi connectivity index (χ3n) is 4.60. The Morgan fingerprint density at radius 2 is 1.76 bits per heavy atom. The molecule has 2 rings (SSSR count). The van der Waals surface area contributed by atoms with Crippen LogP contribution in [0.25, 0.3) is 0 Å². The van der Waals surface area contributed by atoms with Gasteiger partial charge in [0.15, 0.2) is 12.3 Å². The number of carbonyl (C=O) groups is 3. The fourth-order valence-corrected chi connectivity index (χ4v) is 2.90. The maximum atomic E-state index is 12.2. The van der Waals surface area contributed by atoms with Crippen molar-refractivity contribution in [3.63, 3.8) is 0 Å². The maximum absolute atomic E-state index is 12.2. The summed E-state index contributed by atoms with van der Waals surface area (Å²) in [6.07, 6.45) is 0. The second-order valence-electron chi connectivity index (χ2n) is 6.44. The standard InChI is InChI=1S/C18H26N4O3/c1-14(23)15-4-6-16(7-5-15)22-10-8-21(9-11-22)13-18(25)20(3)12-17(24)19-2/h4-7H,8-13H2,1-3H3,(H,19,24)/p+1. The van der Waals surface area contributed by atoms with Crippen molar-refractivity contribution < 1.29 is 19.3 Å². The first kappa shape index (κ1) is 18.9. The van der Waals surface area contributed by atoms with Gasteiger partial charge in [0.2, 0.25) is 5.91 Å². The van der Waals surface area contributed by atoms with Gasteiger partial charge in [-0.3, -0.25) is 14.4 Å². The molecule has 0 bridgehead atoms. The van der Waals surface area contributed by atoms with E-state index in [9.17, 15) is 14.4 Å². The molecule has 0 saturated carbocycles. The van der Waals surface area contributed by atoms with Crippen LogP contribution >= 0.6 is 0 Å². The first-order chi connectivity index (χ1) is 11.9. The number of amides is 2. The number of likely N-dealkylation sites (N-methyl/N-ethyl adjacent to an activating group) is 2. The number of nitrogens with zero attached hydrogens (tertiary/aromatic N) is 2. The largest absolute Gasteiger partial charge is 0.360 e. The summed E-state index contributed by atoms with van der Waals surface area (Å²) in [6.45, 7) is 5.53. The van der Waals surface area contributed by atoms with E-state index < -0.39 is 0 Å². The van der Waals surface area contributed by atoms with Crippen molar-refractivity contribution in [3.05, 3.63) is 29.8 Å². The highest BCUT2D eigenvalue weighted by atomic mass is 16.2. The van der Waals surface area contributed by atoms with Gasteiger partial charge in [-0.1, -0.05) is 0 Å². The van der Waals surface area contributed by atoms with Crippen LogP contribution in [0, 0.1) is 0 Å². The minimum Gasteiger partial charge on any atom is -0.360 e. The van der Waals surface area contributed by atoms with E-state index in [1.807, 2.05) is 24.3 Å². The average Bonchev–Trinajstić information content (AvgIpc) is 2.62. The highest BCUT2D eigenvalue weighted by Crippen LogP contribution is 2.15. The van der Waals surface area contributed by atoms with Crippen molar-refractivity contribution in [3.8, 4) is 0 Å². The normalized spacial score (nSPS) is 14.9. The first-order valence-electron chi connectivity index (χ1n) is 8.54. The Morgan fingerprint density at radius 1 is 1.16 bits per heavy atom. The molecule has 1 aliphatic heterocycles. The lowest BCUT2D eigenvalue weighted by molar-refractivity contribution is -0.892. The SMILES string of the molecule is CNC(=O)CN(C)C(=O)C[NH+]1CCN(c2ccc(C(C)=O)cc2)CC1. The van der Waals surface area contributed by atoms with Crippen molar-refractivity contribution in [2.75, 3.05) is 58.3 Å². The Balaban J connectivity index is 1.82. The molecule has 1 aromatic carbocycles. The van der Waals surface area contributed by atoms with Gasteiger partial charge in [-0.2, -0.15) is 0 Å². The van der Waals surface area contributed by atoms with E-state index in [2.05, 4.69) is 10.2 Å². The molecule has 2 N–H and O–H groups in total. The molecule has 0 atom stereocenters. The third-order valence-corrected chi connectivity index (χ3v) is 4.60. The van der Waals surface area contributed by atoms with Gasteiger partial charge in [0.25, 0.3) is 5.91 Å². The number of hydrogen-bond acceptors (Lipinski definition) is 4. The number of nitrogens with one attached hydrogen (secondary N) is 2. The van der Waals surface area contributed by atoms with Crippen molar-refractivity contribution in [2.45, 2.75) is 6.92 Å². The van der Waals surface area contributed by atoms with Crippen LogP contribution in [0.2, 0.25) is 0 Å². The summed E-state index contributed by atoms with van der Waals surface area (Å²) in [5.74, 6) is -0.109. The second-order valence-corrected chi connectivity index (χ2v) is 6.44. The zero-order valence-corrected chi connectivity index (χ0v) is 15.2. The second kappa shape index (κ2) is 8.62. The van der Waals surface area contributed by atoms with Crippen LogP contribution in [0.1, 0.15) is 17.3 Å². The number of Topliss-reactive ketones (excluding diaryl/α,β-unsaturated/α-hetero) is 1. The van der Waals surface area contributed by atoms with Gasteiger partial charge in [-0.25, -0.2) is 0 Å². The van der Waals surface area contributed by atoms with Crippen molar-refractivity contribution >= 4 is 23.3 Å². The Kier molecular flexibility index (Phi) is 6.52. The molecule has 1 saturated heterocycles. The molecule has 1 aliphatic rings. The highest BCUT2D eigenvalue weighted by molar-refractivity contribution is 5.94. The van der Waals surface area contributed by atoms with Gasteiger partial charge in [0, 0.05) is 25.3 Å². The zero-order chi connectivity index (χ0) is 18.4. The van der Waals surface area contributed by atoms with E-state index in [4.69, 9.17) is 0 Å². The lowest BCUT2D eigenvalue weighted by atomic mass is 10.1. The third kappa shape index (κ3) is 5.29. The molecule has 25 heavy (non-hydrogen) atoms. The van der Waals surface area contributed by atoms with Crippen molar-refractivity contribution in [1.29, 1.82) is 0 Å². The van der Waals surface area contributed by atoms with Crippen LogP contribution in [0.3, 0.4) is 0 Å². The van der Waals surface area contributed by atoms with E-state index in [-0.39, 0.29) is 24.1 Å². The van der Waals surface area contributed by atoms with E-state index in [0.29, 0.717) is 6.54 Å². The molecular formula is C18H27N4O3+. The van der Waals surface area contributed by atoms with Gasteiger partial charge < -0.3 is 20.0 Å². The first-order valence-corrected chi connectivity index (χ1v) is 8.54. The molecule has 0 spiro atoms. The summed E-state index contributed by atoms with van der Waals surface area (Å²) >= 11 is 0. The van der Waals surface area contributed by atoms with Crippen molar-refractivity contribution in [2.24, 2.45) is 0 Å². The number of anilines is 1. The van der Waals surface area contributed by atoms with Crippen LogP contribution in [0.5, 0.6) is 0 Å². The smallest absolute Gasteiger partial charge is 0.277 e. The van der Waals surface area contributed by atoms with E-state index in [1.54, 1.807) is 21.0 Å². The summed E-state index contributed by atoms with van der Waals surface area (Å²) in [5, 5.41) is 2.52. The van der Waals surface area contributed by atoms with Crippen LogP contribution < -0.4 is 15.1 Å². The van der Waals surface area contributed by atoms with Gasteiger partial charge in [0.05, 0.1) is 32.7 Å². The lowest BCUT2D eigenvalue weighted by Crippen LogP contribution is -3.15. The van der Waals surface area contributed by atoms with Crippen LogP contribution in [-0.4, -0.2) is 75.9 Å². The Bertz CT molecular complexity index is 622. The molecule has 0 aromatic heterocycles. The number of hydrogen-bond donors (Lipinski definition) is 2. The molecule has 7 heteroatoms. The average molecular weight is 347 g/mol. The van der Waals surface area contributed by atoms with Crippen LogP contribution in [0.4, 0.5) is 5.69 Å². The number of carbonyl (C=O) groups excluding carboxylic acids is 3. The van der Waals surface area contributed by atoms with E-state index in [1.165, 1.54) is 9.80 Å². The minimum atomic E-state index is -0.162. The number of rotatable bonds is 6. The molecule has 1 fully saturated rings. The quantitative estimate of drug-likeness (QED) is 0.634. The van der Waals surface area contributed by atoms with Crippen molar-refractivity contribution in [1.82, 2.24) is 10.2 Å². The molecular weight excluding hydrogens is 320 g/mol. The van der Waals surface area contributed by atoms with E-state index >= 15 is 0 Å². The molecule has 1 aromatic rings. The Morgan fingerprint density at radius 3 is 2.28 bits per heavy atom. The maximum Gasteiger partial charge on any atom is 0.277 e. The number of quaternary nitrogens is 1. The zero-order valence-electron chi connectivity index (χ0n) is 15.2. The molecule has 0 unspecified atom stereocenters. The Hall–Kier alpha value is -2.41. The molecule has 2 amide bonds. The number of ketones is 1. The molecule has 1 heterocycles. The van der Waals surface area contributed by atoms with Gasteiger partial charge in [0.1, 0.15) is 0 Å². The summed E-state index contributed by atoms with van der Waals surface area (Å²) < 4.78 is 0. The van der Waals surface area contributed by atoms with E-state index in [0.717, 1.165) is 37.4 Å².